The molecule has 4 nitrogen and oxygen atoms in total. The van der Waals surface area contributed by atoms with Crippen LogP contribution in [0.25, 0.3) is 0 Å². The molecule has 1 amide bonds. The van der Waals surface area contributed by atoms with E-state index in [4.69, 9.17) is 4.74 Å². The number of amides is 1. The maximum atomic E-state index is 12.1. The van der Waals surface area contributed by atoms with Gasteiger partial charge in [0.1, 0.15) is 0 Å². The number of ether oxygens (including phenoxy) is 1. The Morgan fingerprint density at radius 1 is 1.35 bits per heavy atom. The predicted octanol–water partition coefficient (Wildman–Crippen LogP) is 2.92. The van der Waals surface area contributed by atoms with E-state index in [9.17, 15) is 4.79 Å². The number of likely N-dealkylation sites (N-methyl/N-ethyl adjacent to an activating group) is 1. The van der Waals surface area contributed by atoms with Gasteiger partial charge >= 0.3 is 0 Å². The van der Waals surface area contributed by atoms with Gasteiger partial charge in [0.25, 0.3) is 0 Å². The minimum Gasteiger partial charge on any atom is -0.373 e. The Balaban J connectivity index is 1.91. The van der Waals surface area contributed by atoms with Crippen molar-refractivity contribution in [3.05, 3.63) is 35.4 Å². The van der Waals surface area contributed by atoms with Crippen molar-refractivity contribution < 1.29 is 9.53 Å². The van der Waals surface area contributed by atoms with Crippen molar-refractivity contribution in [1.29, 1.82) is 0 Å². The van der Waals surface area contributed by atoms with Gasteiger partial charge in [-0.3, -0.25) is 9.69 Å². The first-order valence-corrected chi connectivity index (χ1v) is 8.62. The summed E-state index contributed by atoms with van der Waals surface area (Å²) in [5, 5.41) is 3.09. The van der Waals surface area contributed by atoms with Crippen molar-refractivity contribution in [3.63, 3.8) is 0 Å². The molecule has 0 unspecified atom stereocenters. The maximum absolute atomic E-state index is 12.1. The molecule has 1 heterocycles. The third-order valence-electron chi connectivity index (χ3n) is 4.69. The fraction of sp³-hybridized carbons (Fsp3) is 0.632. The molecule has 2 rings (SSSR count). The summed E-state index contributed by atoms with van der Waals surface area (Å²) in [7, 11) is 1.98. The van der Waals surface area contributed by atoms with E-state index in [0.717, 1.165) is 19.4 Å². The molecule has 0 aromatic heterocycles. The third-order valence-corrected chi connectivity index (χ3v) is 4.69. The highest BCUT2D eigenvalue weighted by atomic mass is 16.5. The fourth-order valence-corrected chi connectivity index (χ4v) is 2.89. The Labute approximate surface area is 140 Å². The first-order chi connectivity index (χ1) is 11.0. The van der Waals surface area contributed by atoms with Crippen LogP contribution in [0.3, 0.4) is 0 Å². The van der Waals surface area contributed by atoms with Gasteiger partial charge in [0, 0.05) is 25.1 Å². The van der Waals surface area contributed by atoms with Crippen LogP contribution in [-0.2, 0) is 9.53 Å². The summed E-state index contributed by atoms with van der Waals surface area (Å²) >= 11 is 0. The molecule has 4 heteroatoms. The zero-order valence-corrected chi connectivity index (χ0v) is 14.8. The van der Waals surface area contributed by atoms with E-state index < -0.39 is 0 Å². The number of rotatable bonds is 6. The Kier molecular flexibility index (Phi) is 6.60. The maximum Gasteiger partial charge on any atom is 0.234 e. The zero-order chi connectivity index (χ0) is 16.8. The molecule has 1 N–H and O–H groups in total. The first kappa shape index (κ1) is 18.0. The van der Waals surface area contributed by atoms with E-state index in [2.05, 4.69) is 50.4 Å². The normalized spacial score (nSPS) is 21.7. The molecule has 0 bridgehead atoms. The minimum atomic E-state index is 0.0903. The van der Waals surface area contributed by atoms with E-state index in [-0.39, 0.29) is 12.0 Å². The lowest BCUT2D eigenvalue weighted by Crippen LogP contribution is -2.41. The van der Waals surface area contributed by atoms with E-state index in [1.165, 1.54) is 11.1 Å². The van der Waals surface area contributed by atoms with Crippen LogP contribution < -0.4 is 5.32 Å². The highest BCUT2D eigenvalue weighted by molar-refractivity contribution is 5.78. The number of hydrogen-bond donors (Lipinski definition) is 1. The van der Waals surface area contributed by atoms with Gasteiger partial charge in [-0.05, 0) is 46.2 Å². The Hall–Kier alpha value is -1.39. The van der Waals surface area contributed by atoms with Crippen LogP contribution in [-0.4, -0.2) is 43.6 Å². The number of aryl methyl sites for hydroxylation is 1. The van der Waals surface area contributed by atoms with E-state index in [1.807, 2.05) is 11.9 Å². The van der Waals surface area contributed by atoms with Crippen LogP contribution in [0.4, 0.5) is 0 Å². The number of nitrogens with zero attached hydrogens (tertiary/aromatic N) is 1. The average molecular weight is 318 g/mol. The second-order valence-corrected chi connectivity index (χ2v) is 6.92. The predicted molar refractivity (Wildman–Crippen MR) is 93.4 cm³/mol. The van der Waals surface area contributed by atoms with Gasteiger partial charge in [-0.25, -0.2) is 0 Å². The lowest BCUT2D eigenvalue weighted by atomic mass is 9.89. The van der Waals surface area contributed by atoms with Crippen molar-refractivity contribution in [2.24, 2.45) is 5.92 Å². The van der Waals surface area contributed by atoms with Crippen molar-refractivity contribution in [3.8, 4) is 0 Å². The fourth-order valence-electron chi connectivity index (χ4n) is 2.89. The monoisotopic (exact) mass is 318 g/mol. The lowest BCUT2D eigenvalue weighted by Gasteiger charge is -2.32. The van der Waals surface area contributed by atoms with Gasteiger partial charge in [0.05, 0.1) is 12.6 Å². The highest BCUT2D eigenvalue weighted by Crippen LogP contribution is 2.33. The number of nitrogens with one attached hydrogen (secondary N) is 1. The van der Waals surface area contributed by atoms with Gasteiger partial charge < -0.3 is 10.1 Å². The van der Waals surface area contributed by atoms with Crippen LogP contribution in [0, 0.1) is 12.8 Å². The van der Waals surface area contributed by atoms with Crippen molar-refractivity contribution in [2.45, 2.75) is 45.8 Å². The second kappa shape index (κ2) is 8.46. The molecule has 0 aliphatic carbocycles. The molecule has 1 saturated heterocycles. The molecule has 128 valence electrons. The van der Waals surface area contributed by atoms with Gasteiger partial charge in [-0.1, -0.05) is 29.8 Å². The van der Waals surface area contributed by atoms with Gasteiger partial charge in [0.2, 0.25) is 5.91 Å². The number of carbonyl (C=O) groups excluding carboxylic acids is 1. The number of benzene rings is 1. The summed E-state index contributed by atoms with van der Waals surface area (Å²) in [6.45, 7) is 8.21. The summed E-state index contributed by atoms with van der Waals surface area (Å²) < 4.78 is 6.01. The largest absolute Gasteiger partial charge is 0.373 e. The molecular weight excluding hydrogens is 288 g/mol. The zero-order valence-electron chi connectivity index (χ0n) is 14.8. The second-order valence-electron chi connectivity index (χ2n) is 6.92. The van der Waals surface area contributed by atoms with Crippen LogP contribution in [0.15, 0.2) is 24.3 Å². The van der Waals surface area contributed by atoms with E-state index >= 15 is 0 Å². The standard InChI is InChI=1S/C19H30N2O2/c1-14(2)21(4)13-18(22)20-12-17-6-5-11-23-19(17)16-9-7-15(3)8-10-16/h7-10,14,17,19H,5-6,11-13H2,1-4H3,(H,20,22)/t17-,19+/m1/s1. The Bertz CT molecular complexity index is 499. The van der Waals surface area contributed by atoms with E-state index in [1.54, 1.807) is 0 Å². The quantitative estimate of drug-likeness (QED) is 0.877. The van der Waals surface area contributed by atoms with Gasteiger partial charge in [0.15, 0.2) is 0 Å². The summed E-state index contributed by atoms with van der Waals surface area (Å²) in [4.78, 5) is 14.1. The Morgan fingerprint density at radius 3 is 2.70 bits per heavy atom. The minimum absolute atomic E-state index is 0.0903. The van der Waals surface area contributed by atoms with E-state index in [0.29, 0.717) is 25.0 Å². The number of carbonyl (C=O) groups is 1. The summed E-state index contributed by atoms with van der Waals surface area (Å²) in [6, 6.07) is 8.92. The molecule has 0 spiro atoms. The molecule has 0 radical (unpaired) electrons. The smallest absolute Gasteiger partial charge is 0.234 e. The molecule has 1 aliphatic rings. The van der Waals surface area contributed by atoms with Gasteiger partial charge in [-0.2, -0.15) is 0 Å². The summed E-state index contributed by atoms with van der Waals surface area (Å²) in [6.07, 6.45) is 2.25. The van der Waals surface area contributed by atoms with Crippen molar-refractivity contribution in [1.82, 2.24) is 10.2 Å². The topological polar surface area (TPSA) is 41.6 Å². The molecule has 1 aliphatic heterocycles. The van der Waals surface area contributed by atoms with Crippen LogP contribution >= 0.6 is 0 Å². The first-order valence-electron chi connectivity index (χ1n) is 8.62. The molecule has 1 aromatic rings. The molecule has 2 atom stereocenters. The van der Waals surface area contributed by atoms with Crippen molar-refractivity contribution in [2.75, 3.05) is 26.7 Å². The summed E-state index contributed by atoms with van der Waals surface area (Å²) in [5.74, 6) is 0.439. The van der Waals surface area contributed by atoms with Crippen LogP contribution in [0.2, 0.25) is 0 Å². The molecule has 0 saturated carbocycles. The molecular formula is C19H30N2O2. The molecule has 1 aromatic carbocycles. The Morgan fingerprint density at radius 2 is 2.04 bits per heavy atom. The average Bonchev–Trinajstić information content (AvgIpc) is 2.54. The van der Waals surface area contributed by atoms with Crippen LogP contribution in [0.5, 0.6) is 0 Å². The summed E-state index contributed by atoms with van der Waals surface area (Å²) in [5.41, 5.74) is 2.47. The highest BCUT2D eigenvalue weighted by Gasteiger charge is 2.27. The number of hydrogen-bond acceptors (Lipinski definition) is 3. The molecule has 1 fully saturated rings. The molecule has 23 heavy (non-hydrogen) atoms. The lowest BCUT2D eigenvalue weighted by molar-refractivity contribution is -0.123. The van der Waals surface area contributed by atoms with Crippen molar-refractivity contribution >= 4 is 5.91 Å². The SMILES string of the molecule is Cc1ccc([C@@H]2OCCC[C@@H]2CNC(=O)CN(C)C(C)C)cc1. The van der Waals surface area contributed by atoms with Gasteiger partial charge in [-0.15, -0.1) is 0 Å². The third kappa shape index (κ3) is 5.33. The van der Waals surface area contributed by atoms with Crippen LogP contribution in [0.1, 0.15) is 43.9 Å².